The normalized spacial score (nSPS) is 14.2. The van der Waals surface area contributed by atoms with Gasteiger partial charge < -0.3 is 5.11 Å². The second kappa shape index (κ2) is 10.9. The van der Waals surface area contributed by atoms with Gasteiger partial charge in [-0.1, -0.05) is 85.4 Å². The van der Waals surface area contributed by atoms with Crippen LogP contribution in [0.3, 0.4) is 0 Å². The van der Waals surface area contributed by atoms with Crippen LogP contribution in [0.15, 0.2) is 46.5 Å². The smallest absolute Gasteiger partial charge is 0.0971 e. The third kappa shape index (κ3) is 6.50. The lowest BCUT2D eigenvalue weighted by Gasteiger charge is -2.29. The van der Waals surface area contributed by atoms with E-state index < -0.39 is 6.10 Å². The molecule has 4 heteroatoms. The van der Waals surface area contributed by atoms with Crippen molar-refractivity contribution in [2.24, 2.45) is 5.92 Å². The highest BCUT2D eigenvalue weighted by Crippen LogP contribution is 2.45. The average Bonchev–Trinajstić information content (AvgIpc) is 2.66. The molecule has 2 aromatic rings. The van der Waals surface area contributed by atoms with Crippen molar-refractivity contribution < 1.29 is 5.11 Å². The zero-order chi connectivity index (χ0) is 21.7. The van der Waals surface area contributed by atoms with Crippen molar-refractivity contribution in [2.75, 3.05) is 0 Å². The van der Waals surface area contributed by atoms with Crippen LogP contribution in [0.25, 0.3) is 0 Å². The summed E-state index contributed by atoms with van der Waals surface area (Å²) in [5.74, 6) is 1.56. The quantitative estimate of drug-likeness (QED) is 0.326. The van der Waals surface area contributed by atoms with Crippen LogP contribution in [0.4, 0.5) is 0 Å². The molecule has 0 saturated carbocycles. The Morgan fingerprint density at radius 1 is 0.793 bits per heavy atom. The van der Waals surface area contributed by atoms with Gasteiger partial charge in [0.05, 0.1) is 15.7 Å². The standard InChI is InChI=1S/C25H37NOS2/c1-15(2)19-13-20(16(3)4)24(21(14-19)17(5)6)29-25(23(27)18(7)8)28-22-11-9-10-12-26-22/h9-18,23,25,27H,1-8H3/t23-,25-/m1/s1. The molecule has 29 heavy (non-hydrogen) atoms. The Hall–Kier alpha value is -0.970. The average molecular weight is 432 g/mol. The van der Waals surface area contributed by atoms with E-state index in [2.05, 4.69) is 72.5 Å². The molecule has 0 amide bonds. The van der Waals surface area contributed by atoms with Gasteiger partial charge in [0.2, 0.25) is 0 Å². The number of aromatic nitrogens is 1. The van der Waals surface area contributed by atoms with Crippen LogP contribution in [0.1, 0.15) is 89.8 Å². The van der Waals surface area contributed by atoms with Crippen LogP contribution in [0, 0.1) is 5.92 Å². The first-order valence-electron chi connectivity index (χ1n) is 10.7. The maximum atomic E-state index is 11.0. The van der Waals surface area contributed by atoms with E-state index in [1.807, 2.05) is 36.2 Å². The van der Waals surface area contributed by atoms with E-state index in [1.165, 1.54) is 21.6 Å². The molecule has 2 atom stereocenters. The molecule has 0 unspecified atom stereocenters. The number of aliphatic hydroxyl groups excluding tert-OH is 1. The monoisotopic (exact) mass is 431 g/mol. The summed E-state index contributed by atoms with van der Waals surface area (Å²) in [6, 6.07) is 10.7. The van der Waals surface area contributed by atoms with Gasteiger partial charge in [0.1, 0.15) is 0 Å². The van der Waals surface area contributed by atoms with E-state index in [-0.39, 0.29) is 10.5 Å². The van der Waals surface area contributed by atoms with Crippen LogP contribution in [0.5, 0.6) is 0 Å². The second-order valence-electron chi connectivity index (χ2n) is 9.00. The van der Waals surface area contributed by atoms with E-state index in [9.17, 15) is 5.11 Å². The fourth-order valence-corrected chi connectivity index (χ4v) is 6.45. The van der Waals surface area contributed by atoms with E-state index in [1.54, 1.807) is 11.8 Å². The molecule has 0 fully saturated rings. The van der Waals surface area contributed by atoms with Crippen molar-refractivity contribution in [3.8, 4) is 0 Å². The lowest BCUT2D eigenvalue weighted by molar-refractivity contribution is 0.142. The minimum atomic E-state index is -0.420. The maximum absolute atomic E-state index is 11.0. The lowest BCUT2D eigenvalue weighted by Crippen LogP contribution is -2.26. The number of rotatable bonds is 9. The van der Waals surface area contributed by atoms with Crippen molar-refractivity contribution in [1.82, 2.24) is 4.98 Å². The number of hydrogen-bond acceptors (Lipinski definition) is 4. The summed E-state index contributed by atoms with van der Waals surface area (Å²) in [6.07, 6.45) is 1.40. The summed E-state index contributed by atoms with van der Waals surface area (Å²) in [5.41, 5.74) is 4.19. The Balaban J connectivity index is 2.53. The number of thioether (sulfide) groups is 2. The summed E-state index contributed by atoms with van der Waals surface area (Å²) in [5, 5.41) is 12.0. The minimum absolute atomic E-state index is 0.00944. The zero-order valence-corrected chi connectivity index (χ0v) is 20.8. The maximum Gasteiger partial charge on any atom is 0.0971 e. The molecule has 160 valence electrons. The highest BCUT2D eigenvalue weighted by Gasteiger charge is 2.28. The van der Waals surface area contributed by atoms with Gasteiger partial charge in [-0.3, -0.25) is 0 Å². The zero-order valence-electron chi connectivity index (χ0n) is 19.1. The summed E-state index contributed by atoms with van der Waals surface area (Å²) < 4.78 is -0.00944. The molecule has 0 saturated heterocycles. The Morgan fingerprint density at radius 2 is 1.38 bits per heavy atom. The van der Waals surface area contributed by atoms with Gasteiger partial charge in [-0.15, -0.1) is 11.8 Å². The van der Waals surface area contributed by atoms with Crippen molar-refractivity contribution >= 4 is 23.5 Å². The summed E-state index contributed by atoms with van der Waals surface area (Å²) in [6.45, 7) is 17.8. The lowest BCUT2D eigenvalue weighted by atomic mass is 9.89. The molecule has 1 heterocycles. The summed E-state index contributed by atoms with van der Waals surface area (Å²) >= 11 is 3.50. The van der Waals surface area contributed by atoms with Gasteiger partial charge in [0.15, 0.2) is 0 Å². The first-order valence-corrected chi connectivity index (χ1v) is 12.5. The van der Waals surface area contributed by atoms with Crippen LogP contribution in [-0.2, 0) is 0 Å². The van der Waals surface area contributed by atoms with Gasteiger partial charge in [0, 0.05) is 11.1 Å². The van der Waals surface area contributed by atoms with Crippen LogP contribution >= 0.6 is 23.5 Å². The molecule has 2 rings (SSSR count). The SMILES string of the molecule is CC(C)c1cc(C(C)C)c(S[C@@H](Sc2ccccn2)[C@H](O)C(C)C)c(C(C)C)c1. The van der Waals surface area contributed by atoms with E-state index in [0.29, 0.717) is 17.8 Å². The van der Waals surface area contributed by atoms with E-state index in [4.69, 9.17) is 0 Å². The number of benzene rings is 1. The Labute approximate surface area is 186 Å². The number of hydrogen-bond donors (Lipinski definition) is 1. The first-order chi connectivity index (χ1) is 13.6. The molecule has 0 spiro atoms. The minimum Gasteiger partial charge on any atom is -0.391 e. The highest BCUT2D eigenvalue weighted by molar-refractivity contribution is 8.17. The number of aliphatic hydroxyl groups is 1. The largest absolute Gasteiger partial charge is 0.391 e. The predicted octanol–water partition coefficient (Wildman–Crippen LogP) is 7.68. The van der Waals surface area contributed by atoms with Crippen molar-refractivity contribution in [2.45, 2.75) is 93.8 Å². The van der Waals surface area contributed by atoms with E-state index in [0.717, 1.165) is 5.03 Å². The third-order valence-electron chi connectivity index (χ3n) is 5.15. The summed E-state index contributed by atoms with van der Waals surface area (Å²) in [7, 11) is 0. The van der Waals surface area contributed by atoms with Crippen molar-refractivity contribution in [3.05, 3.63) is 53.2 Å². The first kappa shape index (κ1) is 24.3. The van der Waals surface area contributed by atoms with Gasteiger partial charge >= 0.3 is 0 Å². The fourth-order valence-electron chi connectivity index (χ4n) is 3.16. The van der Waals surface area contributed by atoms with E-state index >= 15 is 0 Å². The van der Waals surface area contributed by atoms with Crippen LogP contribution < -0.4 is 0 Å². The molecule has 2 nitrogen and oxygen atoms in total. The Bertz CT molecular complexity index is 743. The molecule has 1 aromatic carbocycles. The molecule has 0 aliphatic rings. The van der Waals surface area contributed by atoms with Gasteiger partial charge in [-0.05, 0) is 52.5 Å². The molecule has 0 aliphatic carbocycles. The van der Waals surface area contributed by atoms with Crippen molar-refractivity contribution in [1.29, 1.82) is 0 Å². The predicted molar refractivity (Wildman–Crippen MR) is 129 cm³/mol. The molecule has 0 bridgehead atoms. The number of nitrogens with zero attached hydrogens (tertiary/aromatic N) is 1. The van der Waals surface area contributed by atoms with Crippen LogP contribution in [0.2, 0.25) is 0 Å². The van der Waals surface area contributed by atoms with Gasteiger partial charge in [-0.2, -0.15) is 0 Å². The molecule has 0 radical (unpaired) electrons. The summed E-state index contributed by atoms with van der Waals surface area (Å²) in [4.78, 5) is 5.83. The molecule has 0 aliphatic heterocycles. The Kier molecular flexibility index (Phi) is 9.12. The van der Waals surface area contributed by atoms with Crippen LogP contribution in [-0.4, -0.2) is 20.8 Å². The third-order valence-corrected chi connectivity index (χ3v) is 7.94. The molecular weight excluding hydrogens is 394 g/mol. The Morgan fingerprint density at radius 3 is 1.79 bits per heavy atom. The van der Waals surface area contributed by atoms with Gasteiger partial charge in [0.25, 0.3) is 0 Å². The number of pyridine rings is 1. The topological polar surface area (TPSA) is 33.1 Å². The second-order valence-corrected chi connectivity index (χ2v) is 11.6. The fraction of sp³-hybridized carbons (Fsp3) is 0.560. The van der Waals surface area contributed by atoms with Gasteiger partial charge in [-0.25, -0.2) is 4.98 Å². The molecular formula is C25H37NOS2. The molecule has 1 N–H and O–H groups in total. The highest BCUT2D eigenvalue weighted by atomic mass is 32.2. The van der Waals surface area contributed by atoms with Crippen molar-refractivity contribution in [3.63, 3.8) is 0 Å². The molecule has 1 aromatic heterocycles.